The summed E-state index contributed by atoms with van der Waals surface area (Å²) < 4.78 is 0. The van der Waals surface area contributed by atoms with Crippen LogP contribution in [-0.2, 0) is 0 Å². The number of hydrogen-bond donors (Lipinski definition) is 1. The molecule has 4 heteroatoms. The molecule has 1 heterocycles. The van der Waals surface area contributed by atoms with Gasteiger partial charge in [0.25, 0.3) is 0 Å². The van der Waals surface area contributed by atoms with Crippen molar-refractivity contribution in [3.8, 4) is 6.07 Å². The summed E-state index contributed by atoms with van der Waals surface area (Å²) in [6, 6.07) is 7.72. The number of halogens is 2. The van der Waals surface area contributed by atoms with Gasteiger partial charge in [0.05, 0.1) is 11.6 Å². The van der Waals surface area contributed by atoms with Gasteiger partial charge in [-0.3, -0.25) is 0 Å². The highest BCUT2D eigenvalue weighted by Gasteiger charge is 2.17. The molecule has 80 valence electrons. The van der Waals surface area contributed by atoms with Crippen molar-refractivity contribution < 1.29 is 0 Å². The Bertz CT molecular complexity index is 379. The fourth-order valence-corrected chi connectivity index (χ4v) is 2.10. The van der Waals surface area contributed by atoms with E-state index in [4.69, 9.17) is 16.9 Å². The number of rotatable bonds is 1. The minimum absolute atomic E-state index is 0. The van der Waals surface area contributed by atoms with Gasteiger partial charge in [0.2, 0.25) is 0 Å². The Kier molecular flexibility index (Phi) is 4.41. The molecule has 1 N–H and O–H groups in total. The van der Waals surface area contributed by atoms with Crippen LogP contribution in [0.3, 0.4) is 0 Å². The molecule has 0 aliphatic carbocycles. The molecule has 0 saturated carbocycles. The number of nitrogens with zero attached hydrogens (tertiary/aromatic N) is 1. The van der Waals surface area contributed by atoms with E-state index in [-0.39, 0.29) is 12.4 Å². The van der Waals surface area contributed by atoms with E-state index in [0.29, 0.717) is 16.5 Å². The van der Waals surface area contributed by atoms with Gasteiger partial charge in [-0.2, -0.15) is 5.26 Å². The third kappa shape index (κ3) is 2.85. The van der Waals surface area contributed by atoms with Crippen LogP contribution < -0.4 is 5.32 Å². The van der Waals surface area contributed by atoms with Gasteiger partial charge in [0.15, 0.2) is 0 Å². The lowest BCUT2D eigenvalue weighted by Crippen LogP contribution is -2.08. The summed E-state index contributed by atoms with van der Waals surface area (Å²) in [5.41, 5.74) is 1.83. The van der Waals surface area contributed by atoms with E-state index in [1.54, 1.807) is 6.07 Å². The van der Waals surface area contributed by atoms with Gasteiger partial charge in [-0.15, -0.1) is 12.4 Å². The summed E-state index contributed by atoms with van der Waals surface area (Å²) in [5, 5.41) is 12.8. The van der Waals surface area contributed by atoms with Crippen molar-refractivity contribution in [2.75, 3.05) is 13.1 Å². The van der Waals surface area contributed by atoms with E-state index in [9.17, 15) is 0 Å². The molecule has 1 aliphatic rings. The van der Waals surface area contributed by atoms with Crippen molar-refractivity contribution >= 4 is 24.0 Å². The van der Waals surface area contributed by atoms with Crippen LogP contribution in [0.2, 0.25) is 5.02 Å². The quantitative estimate of drug-likeness (QED) is 0.823. The van der Waals surface area contributed by atoms with Crippen molar-refractivity contribution in [3.05, 3.63) is 34.3 Å². The molecular formula is C11H12Cl2N2. The molecule has 0 radical (unpaired) electrons. The monoisotopic (exact) mass is 242 g/mol. The summed E-state index contributed by atoms with van der Waals surface area (Å²) in [4.78, 5) is 0. The molecule has 1 atom stereocenters. The van der Waals surface area contributed by atoms with Crippen molar-refractivity contribution in [2.24, 2.45) is 0 Å². The Morgan fingerprint density at radius 2 is 2.20 bits per heavy atom. The maximum atomic E-state index is 8.81. The molecule has 1 aliphatic heterocycles. The zero-order chi connectivity index (χ0) is 9.97. The zero-order valence-electron chi connectivity index (χ0n) is 8.16. The second-order valence-corrected chi connectivity index (χ2v) is 4.01. The summed E-state index contributed by atoms with van der Waals surface area (Å²) in [6.45, 7) is 2.05. The van der Waals surface area contributed by atoms with Crippen LogP contribution in [-0.4, -0.2) is 13.1 Å². The topological polar surface area (TPSA) is 35.8 Å². The number of benzene rings is 1. The van der Waals surface area contributed by atoms with E-state index < -0.39 is 0 Å². The summed E-state index contributed by atoms with van der Waals surface area (Å²) in [5.74, 6) is 0.515. The molecular weight excluding hydrogens is 231 g/mol. The van der Waals surface area contributed by atoms with E-state index in [1.807, 2.05) is 12.1 Å². The first-order valence-electron chi connectivity index (χ1n) is 4.71. The minimum atomic E-state index is 0. The molecule has 1 saturated heterocycles. The maximum absolute atomic E-state index is 8.81. The molecule has 0 spiro atoms. The van der Waals surface area contributed by atoms with Gasteiger partial charge in [-0.25, -0.2) is 0 Å². The minimum Gasteiger partial charge on any atom is -0.316 e. The molecule has 15 heavy (non-hydrogen) atoms. The number of hydrogen-bond acceptors (Lipinski definition) is 2. The fraction of sp³-hybridized carbons (Fsp3) is 0.364. The summed E-state index contributed by atoms with van der Waals surface area (Å²) >= 11 is 5.94. The van der Waals surface area contributed by atoms with E-state index >= 15 is 0 Å². The Hall–Kier alpha value is -0.750. The fourth-order valence-electron chi connectivity index (χ4n) is 1.85. The highest BCUT2D eigenvalue weighted by atomic mass is 35.5. The van der Waals surface area contributed by atoms with E-state index in [0.717, 1.165) is 19.5 Å². The van der Waals surface area contributed by atoms with Crippen molar-refractivity contribution in [1.82, 2.24) is 5.32 Å². The largest absolute Gasteiger partial charge is 0.316 e. The number of nitriles is 1. The van der Waals surface area contributed by atoms with Crippen LogP contribution >= 0.6 is 24.0 Å². The molecule has 2 nitrogen and oxygen atoms in total. The molecule has 1 aromatic carbocycles. The Morgan fingerprint density at radius 1 is 1.40 bits per heavy atom. The third-order valence-electron chi connectivity index (χ3n) is 2.58. The summed E-state index contributed by atoms with van der Waals surface area (Å²) in [7, 11) is 0. The zero-order valence-corrected chi connectivity index (χ0v) is 9.74. The third-order valence-corrected chi connectivity index (χ3v) is 2.80. The van der Waals surface area contributed by atoms with Gasteiger partial charge < -0.3 is 5.32 Å². The molecule has 0 aromatic heterocycles. The van der Waals surface area contributed by atoms with Crippen LogP contribution in [0.4, 0.5) is 0 Å². The second kappa shape index (κ2) is 5.37. The predicted octanol–water partition coefficient (Wildman–Crippen LogP) is 2.71. The lowest BCUT2D eigenvalue weighted by molar-refractivity contribution is 0.763. The highest BCUT2D eigenvalue weighted by molar-refractivity contribution is 6.30. The van der Waals surface area contributed by atoms with Gasteiger partial charge in [0.1, 0.15) is 0 Å². The average molecular weight is 243 g/mol. The van der Waals surface area contributed by atoms with Gasteiger partial charge >= 0.3 is 0 Å². The lowest BCUT2D eigenvalue weighted by Gasteiger charge is -2.09. The first-order chi connectivity index (χ1) is 6.79. The molecule has 1 fully saturated rings. The average Bonchev–Trinajstić information content (AvgIpc) is 2.69. The normalized spacial score (nSPS) is 19.3. The Balaban J connectivity index is 0.00000112. The first kappa shape index (κ1) is 12.3. The van der Waals surface area contributed by atoms with Crippen LogP contribution in [0.25, 0.3) is 0 Å². The van der Waals surface area contributed by atoms with Gasteiger partial charge in [-0.05, 0) is 42.6 Å². The number of nitrogens with one attached hydrogen (secondary N) is 1. The van der Waals surface area contributed by atoms with Gasteiger partial charge in [-0.1, -0.05) is 11.6 Å². The van der Waals surface area contributed by atoms with Crippen molar-refractivity contribution in [1.29, 1.82) is 5.26 Å². The smallest absolute Gasteiger partial charge is 0.0992 e. The first-order valence-corrected chi connectivity index (χ1v) is 5.08. The van der Waals surface area contributed by atoms with Crippen molar-refractivity contribution in [2.45, 2.75) is 12.3 Å². The summed E-state index contributed by atoms with van der Waals surface area (Å²) in [6.07, 6.45) is 1.13. The molecule has 1 unspecified atom stereocenters. The molecule has 0 bridgehead atoms. The van der Waals surface area contributed by atoms with E-state index in [2.05, 4.69) is 11.4 Å². The molecule has 2 rings (SSSR count). The lowest BCUT2D eigenvalue weighted by atomic mass is 9.97. The predicted molar refractivity (Wildman–Crippen MR) is 63.6 cm³/mol. The standard InChI is InChI=1S/C11H11ClN2.ClH/c12-11-4-8(6-13)3-10(5-11)9-1-2-14-7-9;/h3-5,9,14H,1-2,7H2;1H. The SMILES string of the molecule is Cl.N#Cc1cc(Cl)cc(C2CCNC2)c1. The highest BCUT2D eigenvalue weighted by Crippen LogP contribution is 2.26. The maximum Gasteiger partial charge on any atom is 0.0992 e. The van der Waals surface area contributed by atoms with Gasteiger partial charge in [0, 0.05) is 11.6 Å². The van der Waals surface area contributed by atoms with Crippen LogP contribution in [0, 0.1) is 11.3 Å². The van der Waals surface area contributed by atoms with Crippen LogP contribution in [0.5, 0.6) is 0 Å². The Morgan fingerprint density at radius 3 is 2.80 bits per heavy atom. The van der Waals surface area contributed by atoms with Crippen LogP contribution in [0.1, 0.15) is 23.5 Å². The van der Waals surface area contributed by atoms with E-state index in [1.165, 1.54) is 5.56 Å². The van der Waals surface area contributed by atoms with Crippen molar-refractivity contribution in [3.63, 3.8) is 0 Å². The Labute approximate surface area is 101 Å². The second-order valence-electron chi connectivity index (χ2n) is 3.57. The molecule has 1 aromatic rings. The van der Waals surface area contributed by atoms with Crippen LogP contribution in [0.15, 0.2) is 18.2 Å². The molecule has 0 amide bonds.